The van der Waals surface area contributed by atoms with Crippen molar-refractivity contribution in [2.45, 2.75) is 30.9 Å². The first-order valence-electron chi connectivity index (χ1n) is 6.23. The van der Waals surface area contributed by atoms with E-state index in [1.54, 1.807) is 4.90 Å². The summed E-state index contributed by atoms with van der Waals surface area (Å²) in [5.74, 6) is -0.241. The third kappa shape index (κ3) is 3.34. The van der Waals surface area contributed by atoms with Gasteiger partial charge in [-0.1, -0.05) is 6.07 Å². The van der Waals surface area contributed by atoms with Gasteiger partial charge in [0.05, 0.1) is 11.2 Å². The van der Waals surface area contributed by atoms with Crippen molar-refractivity contribution < 1.29 is 13.2 Å². The van der Waals surface area contributed by atoms with Crippen molar-refractivity contribution in [2.24, 2.45) is 5.14 Å². The molecule has 0 saturated carbocycles. The summed E-state index contributed by atoms with van der Waals surface area (Å²) >= 11 is 1.54. The molecule has 1 aromatic heterocycles. The fourth-order valence-electron chi connectivity index (χ4n) is 2.34. The summed E-state index contributed by atoms with van der Waals surface area (Å²) in [4.78, 5) is 15.0. The van der Waals surface area contributed by atoms with Gasteiger partial charge in [0, 0.05) is 18.0 Å². The van der Waals surface area contributed by atoms with E-state index >= 15 is 0 Å². The lowest BCUT2D eigenvalue weighted by Crippen LogP contribution is -2.48. The predicted octanol–water partition coefficient (Wildman–Crippen LogP) is 1.13. The number of nitrogens with two attached hydrogens (primary N) is 1. The maximum Gasteiger partial charge on any atom is 0.230 e. The van der Waals surface area contributed by atoms with Crippen LogP contribution in [0.2, 0.25) is 0 Å². The smallest absolute Gasteiger partial charge is 0.230 e. The molecule has 2 heterocycles. The van der Waals surface area contributed by atoms with Crippen molar-refractivity contribution in [2.75, 3.05) is 13.1 Å². The number of hydrogen-bond donors (Lipinski definition) is 1. The number of nitrogens with zero attached hydrogens (tertiary/aromatic N) is 1. The van der Waals surface area contributed by atoms with E-state index in [9.17, 15) is 13.2 Å². The van der Waals surface area contributed by atoms with Crippen LogP contribution < -0.4 is 5.14 Å². The van der Waals surface area contributed by atoms with E-state index in [4.69, 9.17) is 5.14 Å². The highest BCUT2D eigenvalue weighted by molar-refractivity contribution is 7.89. The van der Waals surface area contributed by atoms with E-state index < -0.39 is 15.3 Å². The Kier molecular flexibility index (Phi) is 4.27. The molecule has 2 atom stereocenters. The number of amides is 1. The first-order chi connectivity index (χ1) is 8.89. The Morgan fingerprint density at radius 3 is 2.89 bits per heavy atom. The summed E-state index contributed by atoms with van der Waals surface area (Å²) in [6.07, 6.45) is 1.22. The van der Waals surface area contributed by atoms with Crippen LogP contribution in [-0.2, 0) is 14.8 Å². The normalized spacial score (nSPS) is 22.2. The number of rotatable bonds is 3. The minimum Gasteiger partial charge on any atom is -0.341 e. The lowest BCUT2D eigenvalue weighted by molar-refractivity contribution is -0.133. The molecular weight excluding hydrogens is 284 g/mol. The molecule has 1 amide bonds. The minimum atomic E-state index is -3.56. The molecule has 106 valence electrons. The van der Waals surface area contributed by atoms with E-state index in [1.807, 2.05) is 24.4 Å². The van der Waals surface area contributed by atoms with Crippen molar-refractivity contribution in [1.29, 1.82) is 0 Å². The van der Waals surface area contributed by atoms with Gasteiger partial charge in [0.25, 0.3) is 0 Å². The van der Waals surface area contributed by atoms with Gasteiger partial charge in [0.15, 0.2) is 0 Å². The average molecular weight is 302 g/mol. The summed E-state index contributed by atoms with van der Waals surface area (Å²) in [6, 6.07) is 3.83. The van der Waals surface area contributed by atoms with Crippen LogP contribution in [0.1, 0.15) is 30.6 Å². The van der Waals surface area contributed by atoms with Crippen LogP contribution in [0.4, 0.5) is 0 Å². The summed E-state index contributed by atoms with van der Waals surface area (Å²) in [6.45, 7) is 2.68. The van der Waals surface area contributed by atoms with Crippen LogP contribution >= 0.6 is 11.3 Å². The molecule has 1 saturated heterocycles. The number of sulfonamides is 1. The number of likely N-dealkylation sites (tertiary alicyclic amines) is 1. The van der Waals surface area contributed by atoms with Crippen LogP contribution in [0, 0.1) is 0 Å². The molecule has 0 aromatic carbocycles. The van der Waals surface area contributed by atoms with Crippen LogP contribution in [0.25, 0.3) is 0 Å². The molecule has 5 nitrogen and oxygen atoms in total. The molecule has 0 spiro atoms. The molecule has 7 heteroatoms. The Morgan fingerprint density at radius 2 is 2.32 bits per heavy atom. The zero-order valence-electron chi connectivity index (χ0n) is 10.8. The fraction of sp³-hybridized carbons (Fsp3) is 0.583. The zero-order chi connectivity index (χ0) is 14.0. The number of carbonyl (C=O) groups is 1. The highest BCUT2D eigenvalue weighted by Gasteiger charge is 2.32. The SMILES string of the molecule is CC(C(=O)N1CCCC(S(N)(=O)=O)C1)c1cccs1. The lowest BCUT2D eigenvalue weighted by atomic mass is 10.1. The Morgan fingerprint density at radius 1 is 1.58 bits per heavy atom. The predicted molar refractivity (Wildman–Crippen MR) is 75.4 cm³/mol. The number of thiophene rings is 1. The standard InChI is InChI=1S/C12H18N2O3S2/c1-9(11-5-3-7-18-11)12(15)14-6-2-4-10(8-14)19(13,16)17/h3,5,7,9-10H,2,4,6,8H2,1H3,(H2,13,16,17). The maximum atomic E-state index is 12.4. The van der Waals surface area contributed by atoms with Crippen molar-refractivity contribution in [1.82, 2.24) is 4.90 Å². The summed E-state index contributed by atoms with van der Waals surface area (Å²) < 4.78 is 22.8. The lowest BCUT2D eigenvalue weighted by Gasteiger charge is -2.33. The van der Waals surface area contributed by atoms with Gasteiger partial charge in [-0.15, -0.1) is 11.3 Å². The second kappa shape index (κ2) is 5.60. The summed E-state index contributed by atoms with van der Waals surface area (Å²) in [5.41, 5.74) is 0. The first kappa shape index (κ1) is 14.5. The third-order valence-corrected chi connectivity index (χ3v) is 5.86. The van der Waals surface area contributed by atoms with Gasteiger partial charge < -0.3 is 4.90 Å². The highest BCUT2D eigenvalue weighted by atomic mass is 32.2. The number of carbonyl (C=O) groups excluding carboxylic acids is 1. The first-order valence-corrected chi connectivity index (χ1v) is 8.72. The van der Waals surface area contributed by atoms with Gasteiger partial charge in [0.2, 0.25) is 15.9 Å². The van der Waals surface area contributed by atoms with E-state index in [2.05, 4.69) is 0 Å². The number of hydrogen-bond acceptors (Lipinski definition) is 4. The van der Waals surface area contributed by atoms with Gasteiger partial charge in [-0.3, -0.25) is 4.79 Å². The van der Waals surface area contributed by atoms with Gasteiger partial charge in [-0.05, 0) is 31.2 Å². The van der Waals surface area contributed by atoms with Crippen LogP contribution in [0.5, 0.6) is 0 Å². The molecule has 0 bridgehead atoms. The Balaban J connectivity index is 2.07. The molecule has 1 aliphatic heterocycles. The molecule has 2 N–H and O–H groups in total. The van der Waals surface area contributed by atoms with Gasteiger partial charge in [-0.25, -0.2) is 13.6 Å². The van der Waals surface area contributed by atoms with Crippen molar-refractivity contribution in [3.05, 3.63) is 22.4 Å². The second-order valence-corrected chi connectivity index (χ2v) is 7.70. The van der Waals surface area contributed by atoms with Crippen molar-refractivity contribution >= 4 is 27.3 Å². The van der Waals surface area contributed by atoms with Gasteiger partial charge >= 0.3 is 0 Å². The summed E-state index contributed by atoms with van der Waals surface area (Å²) in [5, 5.41) is 6.49. The quantitative estimate of drug-likeness (QED) is 0.909. The van der Waals surface area contributed by atoms with Crippen LogP contribution in [0.15, 0.2) is 17.5 Å². The van der Waals surface area contributed by atoms with E-state index in [0.717, 1.165) is 4.88 Å². The van der Waals surface area contributed by atoms with Crippen LogP contribution in [-0.4, -0.2) is 37.6 Å². The maximum absolute atomic E-state index is 12.4. The average Bonchev–Trinajstić information content (AvgIpc) is 2.90. The second-order valence-electron chi connectivity index (χ2n) is 4.87. The zero-order valence-corrected chi connectivity index (χ0v) is 12.4. The van der Waals surface area contributed by atoms with Gasteiger partial charge in [0.1, 0.15) is 0 Å². The molecule has 1 fully saturated rings. The Labute approximate surface area is 117 Å². The van der Waals surface area contributed by atoms with Crippen molar-refractivity contribution in [3.63, 3.8) is 0 Å². The molecule has 2 unspecified atom stereocenters. The third-order valence-electron chi connectivity index (χ3n) is 3.49. The molecule has 0 radical (unpaired) electrons. The Bertz CT molecular complexity index is 539. The van der Waals surface area contributed by atoms with E-state index in [0.29, 0.717) is 19.4 Å². The fourth-order valence-corrected chi connectivity index (χ4v) is 4.00. The molecule has 0 aliphatic carbocycles. The number of piperidine rings is 1. The van der Waals surface area contributed by atoms with Gasteiger partial charge in [-0.2, -0.15) is 0 Å². The van der Waals surface area contributed by atoms with E-state index in [-0.39, 0.29) is 18.4 Å². The molecule has 1 aliphatic rings. The highest BCUT2D eigenvalue weighted by Crippen LogP contribution is 2.25. The monoisotopic (exact) mass is 302 g/mol. The van der Waals surface area contributed by atoms with Crippen LogP contribution in [0.3, 0.4) is 0 Å². The van der Waals surface area contributed by atoms with Crippen molar-refractivity contribution in [3.8, 4) is 0 Å². The molecule has 19 heavy (non-hydrogen) atoms. The van der Waals surface area contributed by atoms with E-state index in [1.165, 1.54) is 11.3 Å². The minimum absolute atomic E-state index is 0.0178. The topological polar surface area (TPSA) is 80.5 Å². The molecule has 2 rings (SSSR count). The molecule has 1 aromatic rings. The Hall–Kier alpha value is -0.920. The number of primary sulfonamides is 1. The molecular formula is C12H18N2O3S2. The summed E-state index contributed by atoms with van der Waals surface area (Å²) in [7, 11) is -3.56. The largest absolute Gasteiger partial charge is 0.341 e.